The maximum absolute atomic E-state index is 12.7. The van der Waals surface area contributed by atoms with E-state index in [-0.39, 0.29) is 4.90 Å². The number of nitrogen functional groups attached to an aromatic ring is 1. The highest BCUT2D eigenvalue weighted by Crippen LogP contribution is 2.25. The summed E-state index contributed by atoms with van der Waals surface area (Å²) in [6, 6.07) is 13.1. The zero-order valence-corrected chi connectivity index (χ0v) is 12.6. The highest BCUT2D eigenvalue weighted by molar-refractivity contribution is 7.92. The quantitative estimate of drug-likeness (QED) is 0.881. The van der Waals surface area contributed by atoms with E-state index in [0.717, 1.165) is 0 Å². The van der Waals surface area contributed by atoms with Crippen LogP contribution in [0.3, 0.4) is 0 Å². The monoisotopic (exact) mass is 301 g/mol. The van der Waals surface area contributed by atoms with Crippen molar-refractivity contribution >= 4 is 21.4 Å². The van der Waals surface area contributed by atoms with Crippen LogP contribution in [0.5, 0.6) is 0 Å². The Morgan fingerprint density at radius 2 is 1.76 bits per heavy atom. The van der Waals surface area contributed by atoms with Gasteiger partial charge in [-0.2, -0.15) is 5.26 Å². The van der Waals surface area contributed by atoms with Gasteiger partial charge in [-0.1, -0.05) is 6.07 Å². The van der Waals surface area contributed by atoms with Gasteiger partial charge in [0, 0.05) is 12.7 Å². The van der Waals surface area contributed by atoms with Gasteiger partial charge in [-0.3, -0.25) is 4.31 Å². The molecule has 0 saturated heterocycles. The SMILES string of the molecule is Cc1ccc(C#N)cc1S(=O)(=O)N(C)c1ccc(N)cc1. The molecule has 0 aliphatic carbocycles. The maximum Gasteiger partial charge on any atom is 0.264 e. The molecule has 0 fully saturated rings. The number of rotatable bonds is 3. The molecule has 2 aromatic carbocycles. The largest absolute Gasteiger partial charge is 0.399 e. The second-order valence-electron chi connectivity index (χ2n) is 4.66. The van der Waals surface area contributed by atoms with Gasteiger partial charge in [0.05, 0.1) is 22.2 Å². The van der Waals surface area contributed by atoms with E-state index in [0.29, 0.717) is 22.5 Å². The predicted molar refractivity (Wildman–Crippen MR) is 82.3 cm³/mol. The second kappa shape index (κ2) is 5.46. The fourth-order valence-electron chi connectivity index (χ4n) is 1.92. The molecule has 0 heterocycles. The van der Waals surface area contributed by atoms with E-state index in [4.69, 9.17) is 11.0 Å². The first-order chi connectivity index (χ1) is 9.86. The smallest absolute Gasteiger partial charge is 0.264 e. The zero-order valence-electron chi connectivity index (χ0n) is 11.7. The lowest BCUT2D eigenvalue weighted by molar-refractivity contribution is 0.593. The molecule has 0 amide bonds. The van der Waals surface area contributed by atoms with Crippen molar-refractivity contribution in [2.45, 2.75) is 11.8 Å². The number of hydrogen-bond donors (Lipinski definition) is 1. The van der Waals surface area contributed by atoms with Crippen LogP contribution in [0.25, 0.3) is 0 Å². The summed E-state index contributed by atoms with van der Waals surface area (Å²) in [5, 5.41) is 8.93. The minimum Gasteiger partial charge on any atom is -0.399 e. The van der Waals surface area contributed by atoms with Crippen LogP contribution in [-0.4, -0.2) is 15.5 Å². The summed E-state index contributed by atoms with van der Waals surface area (Å²) in [5.41, 5.74) is 7.58. The van der Waals surface area contributed by atoms with Gasteiger partial charge < -0.3 is 5.73 Å². The van der Waals surface area contributed by atoms with E-state index < -0.39 is 10.0 Å². The van der Waals surface area contributed by atoms with Crippen LogP contribution in [0.1, 0.15) is 11.1 Å². The molecular formula is C15H15N3O2S. The van der Waals surface area contributed by atoms with E-state index in [1.165, 1.54) is 17.4 Å². The maximum atomic E-state index is 12.7. The molecular weight excluding hydrogens is 286 g/mol. The van der Waals surface area contributed by atoms with Gasteiger partial charge in [0.25, 0.3) is 10.0 Å². The molecule has 0 aliphatic heterocycles. The van der Waals surface area contributed by atoms with Crippen LogP contribution in [0.4, 0.5) is 11.4 Å². The fourth-order valence-corrected chi connectivity index (χ4v) is 3.36. The van der Waals surface area contributed by atoms with Crippen LogP contribution in [0.2, 0.25) is 0 Å². The molecule has 2 N–H and O–H groups in total. The first-order valence-electron chi connectivity index (χ1n) is 6.21. The van der Waals surface area contributed by atoms with E-state index in [2.05, 4.69) is 0 Å². The molecule has 0 bridgehead atoms. The summed E-state index contributed by atoms with van der Waals surface area (Å²) in [5.74, 6) is 0. The van der Waals surface area contributed by atoms with Gasteiger partial charge in [0.2, 0.25) is 0 Å². The van der Waals surface area contributed by atoms with Crippen molar-refractivity contribution in [2.24, 2.45) is 0 Å². The average molecular weight is 301 g/mol. The van der Waals surface area contributed by atoms with Crippen molar-refractivity contribution in [3.63, 3.8) is 0 Å². The Morgan fingerprint density at radius 3 is 2.33 bits per heavy atom. The first kappa shape index (κ1) is 14.9. The molecule has 5 nitrogen and oxygen atoms in total. The van der Waals surface area contributed by atoms with Gasteiger partial charge in [-0.15, -0.1) is 0 Å². The van der Waals surface area contributed by atoms with Crippen molar-refractivity contribution < 1.29 is 8.42 Å². The lowest BCUT2D eigenvalue weighted by Crippen LogP contribution is -2.27. The molecule has 2 aromatic rings. The molecule has 0 unspecified atom stereocenters. The normalized spacial score (nSPS) is 10.9. The molecule has 0 aliphatic rings. The number of anilines is 2. The predicted octanol–water partition coefficient (Wildman–Crippen LogP) is 2.27. The number of nitrogens with two attached hydrogens (primary N) is 1. The summed E-state index contributed by atoms with van der Waals surface area (Å²) < 4.78 is 26.6. The Balaban J connectivity index is 2.51. The highest BCUT2D eigenvalue weighted by Gasteiger charge is 2.23. The Hall–Kier alpha value is -2.52. The third kappa shape index (κ3) is 2.83. The Bertz CT molecular complexity index is 806. The number of aryl methyl sites for hydroxylation is 1. The van der Waals surface area contributed by atoms with Crippen molar-refractivity contribution in [1.82, 2.24) is 0 Å². The van der Waals surface area contributed by atoms with E-state index in [9.17, 15) is 8.42 Å². The van der Waals surface area contributed by atoms with Gasteiger partial charge in [0.15, 0.2) is 0 Å². The molecule has 0 spiro atoms. The number of nitriles is 1. The summed E-state index contributed by atoms with van der Waals surface area (Å²) in [6.45, 7) is 1.70. The van der Waals surface area contributed by atoms with Crippen LogP contribution in [0.15, 0.2) is 47.4 Å². The first-order valence-corrected chi connectivity index (χ1v) is 7.65. The third-order valence-corrected chi connectivity index (χ3v) is 5.14. The van der Waals surface area contributed by atoms with E-state index in [1.807, 2.05) is 6.07 Å². The van der Waals surface area contributed by atoms with Crippen LogP contribution >= 0.6 is 0 Å². The minimum absolute atomic E-state index is 0.126. The molecule has 0 aromatic heterocycles. The van der Waals surface area contributed by atoms with Crippen LogP contribution in [-0.2, 0) is 10.0 Å². The van der Waals surface area contributed by atoms with Crippen molar-refractivity contribution in [3.05, 3.63) is 53.6 Å². The standard InChI is InChI=1S/C15H15N3O2S/c1-11-3-4-12(10-16)9-15(11)21(19,20)18(2)14-7-5-13(17)6-8-14/h3-9H,17H2,1-2H3. The molecule has 21 heavy (non-hydrogen) atoms. The van der Waals surface area contributed by atoms with Gasteiger partial charge in [-0.05, 0) is 48.9 Å². The number of sulfonamides is 1. The van der Waals surface area contributed by atoms with Crippen LogP contribution < -0.4 is 10.0 Å². The summed E-state index contributed by atoms with van der Waals surface area (Å²) >= 11 is 0. The Labute approximate surface area is 124 Å². The molecule has 2 rings (SSSR count). The molecule has 108 valence electrons. The average Bonchev–Trinajstić information content (AvgIpc) is 2.47. The Morgan fingerprint density at radius 1 is 1.14 bits per heavy atom. The van der Waals surface area contributed by atoms with Crippen molar-refractivity contribution in [2.75, 3.05) is 17.1 Å². The lowest BCUT2D eigenvalue weighted by Gasteiger charge is -2.21. The number of nitrogens with zero attached hydrogens (tertiary/aromatic N) is 2. The second-order valence-corrected chi connectivity index (χ2v) is 6.59. The van der Waals surface area contributed by atoms with Crippen LogP contribution in [0, 0.1) is 18.3 Å². The number of hydrogen-bond acceptors (Lipinski definition) is 4. The summed E-state index contributed by atoms with van der Waals surface area (Å²) in [7, 11) is -2.26. The van der Waals surface area contributed by atoms with E-state index >= 15 is 0 Å². The van der Waals surface area contributed by atoms with Gasteiger partial charge in [0.1, 0.15) is 0 Å². The third-order valence-electron chi connectivity index (χ3n) is 3.21. The topological polar surface area (TPSA) is 87.2 Å². The fraction of sp³-hybridized carbons (Fsp3) is 0.133. The number of benzene rings is 2. The van der Waals surface area contributed by atoms with Crippen molar-refractivity contribution in [3.8, 4) is 6.07 Å². The Kier molecular flexibility index (Phi) is 3.87. The van der Waals surface area contributed by atoms with Gasteiger partial charge in [-0.25, -0.2) is 8.42 Å². The van der Waals surface area contributed by atoms with Gasteiger partial charge >= 0.3 is 0 Å². The summed E-state index contributed by atoms with van der Waals surface area (Å²) in [6.07, 6.45) is 0. The molecule has 0 saturated carbocycles. The van der Waals surface area contributed by atoms with E-state index in [1.54, 1.807) is 43.3 Å². The molecule has 0 radical (unpaired) electrons. The lowest BCUT2D eigenvalue weighted by atomic mass is 10.2. The summed E-state index contributed by atoms with van der Waals surface area (Å²) in [4.78, 5) is 0.126. The highest BCUT2D eigenvalue weighted by atomic mass is 32.2. The molecule has 6 heteroatoms. The zero-order chi connectivity index (χ0) is 15.6. The molecule has 0 atom stereocenters. The minimum atomic E-state index is -3.73. The van der Waals surface area contributed by atoms with Crippen molar-refractivity contribution in [1.29, 1.82) is 5.26 Å².